The number of rotatable bonds is 5. The first-order chi connectivity index (χ1) is 10.8. The molecule has 1 aromatic carbocycles. The number of non-ortho nitro benzene ring substituents is 1. The van der Waals surface area contributed by atoms with Gasteiger partial charge in [0.25, 0.3) is 11.6 Å². The Kier molecular flexibility index (Phi) is 5.03. The van der Waals surface area contributed by atoms with Gasteiger partial charge in [0.2, 0.25) is 0 Å². The van der Waals surface area contributed by atoms with Crippen LogP contribution in [0.2, 0.25) is 0 Å². The van der Waals surface area contributed by atoms with Crippen LogP contribution in [0.5, 0.6) is 0 Å². The molecule has 2 unspecified atom stereocenters. The summed E-state index contributed by atoms with van der Waals surface area (Å²) in [6.45, 7) is 0.0786. The van der Waals surface area contributed by atoms with Crippen molar-refractivity contribution < 1.29 is 32.2 Å². The van der Waals surface area contributed by atoms with Crippen LogP contribution >= 0.6 is 0 Å². The molecule has 0 spiro atoms. The van der Waals surface area contributed by atoms with Crippen LogP contribution in [0.15, 0.2) is 18.2 Å². The molecule has 1 amide bonds. The Labute approximate surface area is 132 Å². The molecule has 1 aliphatic rings. The number of amides is 1. The highest BCUT2D eigenvalue weighted by Crippen LogP contribution is 2.19. The first-order valence-electron chi connectivity index (χ1n) is 6.28. The molecule has 2 rings (SSSR count). The fraction of sp³-hybridized carbons (Fsp3) is 0.333. The van der Waals surface area contributed by atoms with Gasteiger partial charge >= 0.3 is 17.3 Å². The van der Waals surface area contributed by atoms with Crippen LogP contribution in [0.1, 0.15) is 20.7 Å². The van der Waals surface area contributed by atoms with E-state index in [0.717, 1.165) is 18.2 Å². The van der Waals surface area contributed by atoms with Crippen molar-refractivity contribution in [1.82, 2.24) is 4.90 Å². The minimum Gasteiger partial charge on any atom is -0.478 e. The maximum Gasteiger partial charge on any atom is 0.335 e. The topological polar surface area (TPSA) is 136 Å². The third kappa shape index (κ3) is 4.09. The van der Waals surface area contributed by atoms with Gasteiger partial charge in [0.1, 0.15) is 6.10 Å². The summed E-state index contributed by atoms with van der Waals surface area (Å²) in [4.78, 5) is 34.6. The van der Waals surface area contributed by atoms with E-state index in [9.17, 15) is 23.9 Å². The van der Waals surface area contributed by atoms with Crippen LogP contribution < -0.4 is 0 Å². The molecule has 1 aliphatic heterocycles. The summed E-state index contributed by atoms with van der Waals surface area (Å²) in [5.41, 5.74) is -1.00. The molecule has 0 aliphatic carbocycles. The zero-order valence-electron chi connectivity index (χ0n) is 11.8. The number of carbonyl (C=O) groups excluding carboxylic acids is 1. The lowest BCUT2D eigenvalue weighted by atomic mass is 10.1. The summed E-state index contributed by atoms with van der Waals surface area (Å²) < 4.78 is 20.5. The van der Waals surface area contributed by atoms with Crippen molar-refractivity contribution in [3.05, 3.63) is 39.4 Å². The van der Waals surface area contributed by atoms with E-state index in [4.69, 9.17) is 13.5 Å². The van der Waals surface area contributed by atoms with E-state index in [-0.39, 0.29) is 24.3 Å². The summed E-state index contributed by atoms with van der Waals surface area (Å²) in [5.74, 6) is -2.01. The molecular weight excluding hydrogens is 332 g/mol. The summed E-state index contributed by atoms with van der Waals surface area (Å²) in [5, 5.41) is 19.8. The first-order valence-corrected chi connectivity index (χ1v) is 7.28. The molecule has 0 saturated carbocycles. The van der Waals surface area contributed by atoms with Crippen LogP contribution in [0, 0.1) is 10.1 Å². The Morgan fingerprint density at radius 2 is 2.09 bits per heavy atom. The summed E-state index contributed by atoms with van der Waals surface area (Å²) >= 11 is -1.85. The Bertz CT molecular complexity index is 659. The smallest absolute Gasteiger partial charge is 0.335 e. The van der Waals surface area contributed by atoms with Crippen molar-refractivity contribution in [2.24, 2.45) is 0 Å². The van der Waals surface area contributed by atoms with E-state index in [2.05, 4.69) is 0 Å². The number of carbonyl (C=O) groups is 2. The van der Waals surface area contributed by atoms with Crippen LogP contribution in [0.3, 0.4) is 0 Å². The van der Waals surface area contributed by atoms with Gasteiger partial charge in [-0.3, -0.25) is 23.3 Å². The van der Waals surface area contributed by atoms with Gasteiger partial charge in [-0.25, -0.2) is 4.79 Å². The molecule has 1 aromatic rings. The van der Waals surface area contributed by atoms with E-state index in [1.54, 1.807) is 0 Å². The lowest BCUT2D eigenvalue weighted by Gasteiger charge is -2.19. The summed E-state index contributed by atoms with van der Waals surface area (Å²) in [6.07, 6.45) is -0.595. The number of nitrogens with zero attached hydrogens (tertiary/aromatic N) is 2. The maximum atomic E-state index is 12.3. The highest BCUT2D eigenvalue weighted by atomic mass is 32.2. The number of nitro benzene ring substituents is 1. The minimum absolute atomic E-state index is 0.0374. The number of nitro groups is 1. The predicted octanol–water partition coefficient (Wildman–Crippen LogP) is 0.359. The van der Waals surface area contributed by atoms with Crippen molar-refractivity contribution in [1.29, 1.82) is 0 Å². The number of hydrogen-bond acceptors (Lipinski definition) is 7. The standard InChI is InChI=1S/C12H12N2O8S/c1-13(5-10-6-21-23(20)22-10)11(15)7-2-8(12(16)17)4-9(3-7)14(18)19/h2-4,10H,5-6H2,1H3,(H,16,17). The number of likely N-dealkylation sites (N-methyl/N-ethyl adjacent to an activating group) is 1. The normalized spacial score (nSPS) is 20.2. The van der Waals surface area contributed by atoms with Crippen LogP contribution in [-0.2, 0) is 19.7 Å². The Hall–Kier alpha value is -2.37. The van der Waals surface area contributed by atoms with Crippen LogP contribution in [0.4, 0.5) is 5.69 Å². The van der Waals surface area contributed by atoms with Crippen molar-refractivity contribution in [3.63, 3.8) is 0 Å². The predicted molar refractivity (Wildman–Crippen MR) is 76.0 cm³/mol. The van der Waals surface area contributed by atoms with Gasteiger partial charge in [-0.2, -0.15) is 4.21 Å². The van der Waals surface area contributed by atoms with Gasteiger partial charge in [-0.05, 0) is 6.07 Å². The third-order valence-electron chi connectivity index (χ3n) is 3.01. The van der Waals surface area contributed by atoms with Gasteiger partial charge in [0.15, 0.2) is 0 Å². The van der Waals surface area contributed by atoms with Crippen molar-refractivity contribution in [3.8, 4) is 0 Å². The van der Waals surface area contributed by atoms with Gasteiger partial charge in [-0.15, -0.1) is 0 Å². The van der Waals surface area contributed by atoms with Crippen molar-refractivity contribution in [2.45, 2.75) is 6.10 Å². The second kappa shape index (κ2) is 6.81. The molecule has 2 atom stereocenters. The molecule has 1 fully saturated rings. The summed E-state index contributed by atoms with van der Waals surface area (Å²) in [6, 6.07) is 2.92. The lowest BCUT2D eigenvalue weighted by molar-refractivity contribution is -0.384. The zero-order valence-corrected chi connectivity index (χ0v) is 12.6. The molecule has 10 nitrogen and oxygen atoms in total. The summed E-state index contributed by atoms with van der Waals surface area (Å²) in [7, 11) is 1.41. The Morgan fingerprint density at radius 3 is 2.61 bits per heavy atom. The number of carboxylic acids is 1. The van der Waals surface area contributed by atoms with Crippen LogP contribution in [0.25, 0.3) is 0 Å². The fourth-order valence-electron chi connectivity index (χ4n) is 1.95. The van der Waals surface area contributed by atoms with E-state index >= 15 is 0 Å². The second-order valence-corrected chi connectivity index (χ2v) is 5.56. The number of hydrogen-bond donors (Lipinski definition) is 1. The van der Waals surface area contributed by atoms with E-state index in [1.807, 2.05) is 0 Å². The highest BCUT2D eigenvalue weighted by molar-refractivity contribution is 7.75. The molecule has 0 bridgehead atoms. The monoisotopic (exact) mass is 344 g/mol. The maximum absolute atomic E-state index is 12.3. The van der Waals surface area contributed by atoms with E-state index < -0.39 is 40.0 Å². The van der Waals surface area contributed by atoms with Gasteiger partial charge in [-0.1, -0.05) is 0 Å². The van der Waals surface area contributed by atoms with E-state index in [0.29, 0.717) is 0 Å². The number of benzene rings is 1. The molecule has 0 radical (unpaired) electrons. The molecular formula is C12H12N2O8S. The van der Waals surface area contributed by atoms with Crippen molar-refractivity contribution >= 4 is 28.9 Å². The second-order valence-electron chi connectivity index (χ2n) is 4.72. The lowest BCUT2D eigenvalue weighted by Crippen LogP contribution is -2.35. The molecule has 1 heterocycles. The molecule has 1 N–H and O–H groups in total. The largest absolute Gasteiger partial charge is 0.478 e. The third-order valence-corrected chi connectivity index (χ3v) is 3.77. The Morgan fingerprint density at radius 1 is 1.43 bits per heavy atom. The Balaban J connectivity index is 2.21. The van der Waals surface area contributed by atoms with E-state index in [1.165, 1.54) is 11.9 Å². The molecule has 0 aromatic heterocycles. The fourth-order valence-corrected chi connectivity index (χ4v) is 2.61. The molecule has 11 heteroatoms. The minimum atomic E-state index is -1.85. The highest BCUT2D eigenvalue weighted by Gasteiger charge is 2.27. The van der Waals surface area contributed by atoms with Crippen molar-refractivity contribution in [2.75, 3.05) is 20.2 Å². The first kappa shape index (κ1) is 17.0. The zero-order chi connectivity index (χ0) is 17.1. The molecule has 1 saturated heterocycles. The van der Waals surface area contributed by atoms with Gasteiger partial charge in [0.05, 0.1) is 23.6 Å². The average Bonchev–Trinajstić information content (AvgIpc) is 2.90. The average molecular weight is 344 g/mol. The SMILES string of the molecule is CN(CC1COS(=O)O1)C(=O)c1cc(C(=O)O)cc([N+](=O)[O-])c1. The molecule has 124 valence electrons. The van der Waals surface area contributed by atoms with Gasteiger partial charge < -0.3 is 10.0 Å². The van der Waals surface area contributed by atoms with Crippen LogP contribution in [-0.4, -0.2) is 57.3 Å². The quantitative estimate of drug-likeness (QED) is 0.597. The number of aromatic carboxylic acids is 1. The number of carboxylic acid groups (broad SMARTS) is 1. The molecule has 23 heavy (non-hydrogen) atoms. The van der Waals surface area contributed by atoms with Gasteiger partial charge in [0, 0.05) is 24.7 Å².